The van der Waals surface area contributed by atoms with E-state index in [9.17, 15) is 22.4 Å². The van der Waals surface area contributed by atoms with Crippen LogP contribution < -0.4 is 5.32 Å². The Kier molecular flexibility index (Phi) is 5.84. The smallest absolute Gasteiger partial charge is 0.349 e. The predicted molar refractivity (Wildman–Crippen MR) is 58.9 cm³/mol. The van der Waals surface area contributed by atoms with Crippen LogP contribution in [0, 0.1) is 0 Å². The summed E-state index contributed by atoms with van der Waals surface area (Å²) in [5.41, 5.74) is 0. The van der Waals surface area contributed by atoms with E-state index in [1.807, 2.05) is 10.2 Å². The summed E-state index contributed by atoms with van der Waals surface area (Å²) in [7, 11) is 0. The van der Waals surface area contributed by atoms with Gasteiger partial charge in [-0.1, -0.05) is 12.8 Å². The third-order valence-electron chi connectivity index (χ3n) is 2.99. The molecule has 0 aliphatic carbocycles. The molecular weight excluding hydrogens is 252 g/mol. The zero-order valence-electron chi connectivity index (χ0n) is 10.1. The minimum absolute atomic E-state index is 0.0266. The quantitative estimate of drug-likeness (QED) is 0.774. The van der Waals surface area contributed by atoms with E-state index >= 15 is 0 Å². The van der Waals surface area contributed by atoms with Crippen molar-refractivity contribution < 1.29 is 22.4 Å². The molecule has 0 bridgehead atoms. The Morgan fingerprint density at radius 1 is 1.17 bits per heavy atom. The minimum Gasteiger partial charge on any atom is -0.349 e. The summed E-state index contributed by atoms with van der Waals surface area (Å²) in [5, 5.41) is 1.86. The Morgan fingerprint density at radius 3 is 2.22 bits per heavy atom. The SMILES string of the molecule is O=C(NCCN1CCCCCC1)C(F)(F)C(F)F. The number of amides is 1. The van der Waals surface area contributed by atoms with Crippen LogP contribution in [0.2, 0.25) is 0 Å². The van der Waals surface area contributed by atoms with Crippen molar-refractivity contribution in [2.45, 2.75) is 38.0 Å². The maximum Gasteiger partial charge on any atom is 0.383 e. The summed E-state index contributed by atoms with van der Waals surface area (Å²) in [6.45, 7) is 2.12. The second-order valence-electron chi connectivity index (χ2n) is 4.44. The number of rotatable bonds is 5. The molecule has 0 aromatic heterocycles. The van der Waals surface area contributed by atoms with Crippen molar-refractivity contribution >= 4 is 5.91 Å². The number of hydrogen-bond donors (Lipinski definition) is 1. The monoisotopic (exact) mass is 270 g/mol. The maximum atomic E-state index is 12.6. The number of hydrogen-bond acceptors (Lipinski definition) is 2. The molecule has 1 aliphatic rings. The standard InChI is InChI=1S/C11H18F4N2O/c12-9(13)11(14,15)10(18)16-5-8-17-6-3-1-2-4-7-17/h9H,1-8H2,(H,16,18). The van der Waals surface area contributed by atoms with E-state index in [0.29, 0.717) is 6.54 Å². The first-order valence-electron chi connectivity index (χ1n) is 6.11. The molecule has 0 atom stereocenters. The van der Waals surface area contributed by atoms with Gasteiger partial charge in [-0.2, -0.15) is 8.78 Å². The Bertz CT molecular complexity index is 266. The van der Waals surface area contributed by atoms with Gasteiger partial charge in [-0.3, -0.25) is 4.79 Å². The molecule has 0 radical (unpaired) electrons. The number of carbonyl (C=O) groups is 1. The van der Waals surface area contributed by atoms with Gasteiger partial charge in [0.1, 0.15) is 0 Å². The molecule has 1 heterocycles. The highest BCUT2D eigenvalue weighted by Gasteiger charge is 2.48. The van der Waals surface area contributed by atoms with Gasteiger partial charge in [0, 0.05) is 13.1 Å². The Labute approximate surface area is 104 Å². The Balaban J connectivity index is 2.26. The van der Waals surface area contributed by atoms with Gasteiger partial charge in [-0.25, -0.2) is 8.78 Å². The van der Waals surface area contributed by atoms with Gasteiger partial charge < -0.3 is 10.2 Å². The highest BCUT2D eigenvalue weighted by atomic mass is 19.3. The summed E-state index contributed by atoms with van der Waals surface area (Å²) in [5.74, 6) is -6.49. The third-order valence-corrected chi connectivity index (χ3v) is 2.99. The fourth-order valence-electron chi connectivity index (χ4n) is 1.90. The van der Waals surface area contributed by atoms with Crippen LogP contribution in [0.25, 0.3) is 0 Å². The third kappa shape index (κ3) is 4.44. The molecule has 1 saturated heterocycles. The fraction of sp³-hybridized carbons (Fsp3) is 0.909. The number of likely N-dealkylation sites (tertiary alicyclic amines) is 1. The van der Waals surface area contributed by atoms with Crippen LogP contribution in [-0.4, -0.2) is 49.3 Å². The summed E-state index contributed by atoms with van der Waals surface area (Å²) in [4.78, 5) is 12.9. The molecular formula is C11H18F4N2O. The first-order chi connectivity index (χ1) is 8.44. The molecule has 7 heteroatoms. The first kappa shape index (κ1) is 15.2. The van der Waals surface area contributed by atoms with Crippen LogP contribution in [0.15, 0.2) is 0 Å². The molecule has 1 aliphatic heterocycles. The highest BCUT2D eigenvalue weighted by Crippen LogP contribution is 2.22. The van der Waals surface area contributed by atoms with E-state index in [1.54, 1.807) is 0 Å². The van der Waals surface area contributed by atoms with E-state index in [4.69, 9.17) is 0 Å². The van der Waals surface area contributed by atoms with E-state index in [2.05, 4.69) is 0 Å². The zero-order valence-corrected chi connectivity index (χ0v) is 10.1. The fourth-order valence-corrected chi connectivity index (χ4v) is 1.90. The van der Waals surface area contributed by atoms with Gasteiger partial charge in [-0.05, 0) is 25.9 Å². The van der Waals surface area contributed by atoms with Crippen molar-refractivity contribution in [2.75, 3.05) is 26.2 Å². The molecule has 1 rings (SSSR count). The number of nitrogens with one attached hydrogen (secondary N) is 1. The van der Waals surface area contributed by atoms with Crippen LogP contribution in [0.4, 0.5) is 17.6 Å². The molecule has 0 aromatic rings. The van der Waals surface area contributed by atoms with Gasteiger partial charge in [0.2, 0.25) is 0 Å². The number of halogens is 4. The average Bonchev–Trinajstić information content (AvgIpc) is 2.57. The van der Waals surface area contributed by atoms with E-state index in [-0.39, 0.29) is 6.54 Å². The van der Waals surface area contributed by atoms with Crippen molar-refractivity contribution in [3.05, 3.63) is 0 Å². The van der Waals surface area contributed by atoms with Gasteiger partial charge in [0.25, 0.3) is 5.91 Å². The van der Waals surface area contributed by atoms with Gasteiger partial charge in [0.05, 0.1) is 0 Å². The molecule has 0 saturated carbocycles. The molecule has 0 aromatic carbocycles. The Hall–Kier alpha value is -0.850. The topological polar surface area (TPSA) is 32.3 Å². The van der Waals surface area contributed by atoms with Crippen molar-refractivity contribution in [1.82, 2.24) is 10.2 Å². The molecule has 1 N–H and O–H groups in total. The van der Waals surface area contributed by atoms with Crippen molar-refractivity contribution in [2.24, 2.45) is 0 Å². The largest absolute Gasteiger partial charge is 0.383 e. The summed E-state index contributed by atoms with van der Waals surface area (Å²) in [6.07, 6.45) is 0.414. The lowest BCUT2D eigenvalue weighted by atomic mass is 10.2. The maximum absolute atomic E-state index is 12.6. The van der Waals surface area contributed by atoms with E-state index < -0.39 is 18.3 Å². The lowest BCUT2D eigenvalue weighted by molar-refractivity contribution is -0.169. The zero-order chi connectivity index (χ0) is 13.6. The van der Waals surface area contributed by atoms with Crippen molar-refractivity contribution in [1.29, 1.82) is 0 Å². The predicted octanol–water partition coefficient (Wildman–Crippen LogP) is 1.88. The van der Waals surface area contributed by atoms with Gasteiger partial charge in [0.15, 0.2) is 0 Å². The van der Waals surface area contributed by atoms with Crippen LogP contribution in [0.5, 0.6) is 0 Å². The minimum atomic E-state index is -4.60. The highest BCUT2D eigenvalue weighted by molar-refractivity contribution is 5.83. The lowest BCUT2D eigenvalue weighted by Crippen LogP contribution is -2.47. The molecule has 0 spiro atoms. The van der Waals surface area contributed by atoms with Crippen molar-refractivity contribution in [3.8, 4) is 0 Å². The number of alkyl halides is 4. The summed E-state index contributed by atoms with van der Waals surface area (Å²) < 4.78 is 48.9. The second-order valence-corrected chi connectivity index (χ2v) is 4.44. The van der Waals surface area contributed by atoms with Crippen LogP contribution in [0.1, 0.15) is 25.7 Å². The Morgan fingerprint density at radius 2 is 1.72 bits per heavy atom. The molecule has 1 amide bonds. The van der Waals surface area contributed by atoms with E-state index in [0.717, 1.165) is 38.8 Å². The number of nitrogens with zero attached hydrogens (tertiary/aromatic N) is 1. The first-order valence-corrected chi connectivity index (χ1v) is 6.11. The molecule has 106 valence electrons. The van der Waals surface area contributed by atoms with Crippen LogP contribution in [0.3, 0.4) is 0 Å². The molecule has 0 unspecified atom stereocenters. The van der Waals surface area contributed by atoms with Crippen molar-refractivity contribution in [3.63, 3.8) is 0 Å². The average molecular weight is 270 g/mol. The normalized spacial score (nSPS) is 18.7. The molecule has 1 fully saturated rings. The summed E-state index contributed by atoms with van der Waals surface area (Å²) >= 11 is 0. The van der Waals surface area contributed by atoms with Gasteiger partial charge >= 0.3 is 12.3 Å². The molecule has 18 heavy (non-hydrogen) atoms. The van der Waals surface area contributed by atoms with E-state index in [1.165, 1.54) is 0 Å². The summed E-state index contributed by atoms with van der Waals surface area (Å²) in [6, 6.07) is 0. The second kappa shape index (κ2) is 6.92. The van der Waals surface area contributed by atoms with Crippen LogP contribution >= 0.6 is 0 Å². The van der Waals surface area contributed by atoms with Gasteiger partial charge in [-0.15, -0.1) is 0 Å². The van der Waals surface area contributed by atoms with Crippen LogP contribution in [-0.2, 0) is 4.79 Å². The molecule has 3 nitrogen and oxygen atoms in total. The lowest BCUT2D eigenvalue weighted by Gasteiger charge is -2.21. The number of carbonyl (C=O) groups excluding carboxylic acids is 1.